The molecule has 1 aliphatic rings. The molecule has 2 heterocycles. The number of aryl methyl sites for hydroxylation is 3. The van der Waals surface area contributed by atoms with Crippen LogP contribution in [0.15, 0.2) is 18.2 Å². The first-order chi connectivity index (χ1) is 11.1. The van der Waals surface area contributed by atoms with Gasteiger partial charge >= 0.3 is 0 Å². The number of benzene rings is 1. The van der Waals surface area contributed by atoms with Gasteiger partial charge < -0.3 is 10.2 Å². The average Bonchev–Trinajstić information content (AvgIpc) is 2.58. The van der Waals surface area contributed by atoms with Crippen LogP contribution in [0.25, 0.3) is 0 Å². The maximum atomic E-state index is 11.7. The molecule has 0 bridgehead atoms. The van der Waals surface area contributed by atoms with Gasteiger partial charge in [-0.05, 0) is 43.0 Å². The third-order valence-corrected chi connectivity index (χ3v) is 4.19. The molecular formula is C17H21N5O. The molecule has 0 saturated carbocycles. The first kappa shape index (κ1) is 15.4. The molecule has 0 unspecified atom stereocenters. The van der Waals surface area contributed by atoms with Crippen molar-refractivity contribution < 1.29 is 4.79 Å². The normalized spacial score (nSPS) is 13.9. The van der Waals surface area contributed by atoms with E-state index >= 15 is 0 Å². The molecule has 120 valence electrons. The number of fused-ring (bicyclic) bond motifs is 1. The van der Waals surface area contributed by atoms with Gasteiger partial charge in [-0.3, -0.25) is 4.79 Å². The quantitative estimate of drug-likeness (QED) is 0.940. The predicted octanol–water partition coefficient (Wildman–Crippen LogP) is 2.65. The SMILES string of the molecule is CCc1nnc(Nc2ccc3c(c2)CCC(=O)N3C)nc1CC. The summed E-state index contributed by atoms with van der Waals surface area (Å²) in [5.74, 6) is 0.674. The maximum absolute atomic E-state index is 11.7. The molecule has 1 N–H and O–H groups in total. The highest BCUT2D eigenvalue weighted by Crippen LogP contribution is 2.29. The molecule has 0 atom stereocenters. The topological polar surface area (TPSA) is 71.0 Å². The average molecular weight is 311 g/mol. The molecule has 1 aromatic carbocycles. The molecular weight excluding hydrogens is 290 g/mol. The number of nitrogens with one attached hydrogen (secondary N) is 1. The van der Waals surface area contributed by atoms with E-state index in [-0.39, 0.29) is 5.91 Å². The summed E-state index contributed by atoms with van der Waals surface area (Å²) >= 11 is 0. The van der Waals surface area contributed by atoms with Crippen molar-refractivity contribution in [2.45, 2.75) is 39.5 Å². The maximum Gasteiger partial charge on any atom is 0.247 e. The molecule has 0 aliphatic carbocycles. The predicted molar refractivity (Wildman–Crippen MR) is 90.0 cm³/mol. The minimum Gasteiger partial charge on any atom is -0.323 e. The Morgan fingerprint density at radius 2 is 1.91 bits per heavy atom. The number of anilines is 3. The highest BCUT2D eigenvalue weighted by molar-refractivity contribution is 5.96. The number of rotatable bonds is 4. The molecule has 6 nitrogen and oxygen atoms in total. The van der Waals surface area contributed by atoms with Gasteiger partial charge in [0.25, 0.3) is 0 Å². The van der Waals surface area contributed by atoms with Crippen LogP contribution in [0.1, 0.15) is 37.2 Å². The zero-order valence-electron chi connectivity index (χ0n) is 13.8. The summed E-state index contributed by atoms with van der Waals surface area (Å²) in [4.78, 5) is 18.0. The zero-order chi connectivity index (χ0) is 16.4. The van der Waals surface area contributed by atoms with Crippen molar-refractivity contribution in [1.29, 1.82) is 0 Å². The van der Waals surface area contributed by atoms with E-state index in [1.165, 1.54) is 0 Å². The summed E-state index contributed by atoms with van der Waals surface area (Å²) in [5, 5.41) is 11.6. The van der Waals surface area contributed by atoms with Gasteiger partial charge in [0.15, 0.2) is 0 Å². The molecule has 23 heavy (non-hydrogen) atoms. The highest BCUT2D eigenvalue weighted by Gasteiger charge is 2.20. The number of nitrogens with zero attached hydrogens (tertiary/aromatic N) is 4. The highest BCUT2D eigenvalue weighted by atomic mass is 16.2. The third kappa shape index (κ3) is 3.02. The number of hydrogen-bond donors (Lipinski definition) is 1. The lowest BCUT2D eigenvalue weighted by atomic mass is 10.0. The molecule has 1 aliphatic heterocycles. The summed E-state index contributed by atoms with van der Waals surface area (Å²) in [6, 6.07) is 5.96. The summed E-state index contributed by atoms with van der Waals surface area (Å²) in [6.45, 7) is 4.12. The fourth-order valence-corrected chi connectivity index (χ4v) is 2.85. The van der Waals surface area contributed by atoms with Crippen molar-refractivity contribution in [3.05, 3.63) is 35.2 Å². The van der Waals surface area contributed by atoms with E-state index in [9.17, 15) is 4.79 Å². The Kier molecular flexibility index (Phi) is 4.23. The van der Waals surface area contributed by atoms with E-state index in [4.69, 9.17) is 0 Å². The first-order valence-corrected chi connectivity index (χ1v) is 8.01. The van der Waals surface area contributed by atoms with Crippen LogP contribution < -0.4 is 10.2 Å². The van der Waals surface area contributed by atoms with E-state index in [0.29, 0.717) is 12.4 Å². The third-order valence-electron chi connectivity index (χ3n) is 4.19. The molecule has 1 amide bonds. The van der Waals surface area contributed by atoms with Gasteiger partial charge in [0.05, 0.1) is 11.4 Å². The van der Waals surface area contributed by atoms with Crippen molar-refractivity contribution in [3.63, 3.8) is 0 Å². The Balaban J connectivity index is 1.85. The summed E-state index contributed by atoms with van der Waals surface area (Å²) in [6.07, 6.45) is 2.99. The minimum absolute atomic E-state index is 0.161. The van der Waals surface area contributed by atoms with Gasteiger partial charge in [-0.2, -0.15) is 0 Å². The van der Waals surface area contributed by atoms with Gasteiger partial charge in [-0.1, -0.05) is 13.8 Å². The smallest absolute Gasteiger partial charge is 0.247 e. The molecule has 3 rings (SSSR count). The number of carbonyl (C=O) groups excluding carboxylic acids is 1. The van der Waals surface area contributed by atoms with Crippen molar-refractivity contribution in [2.75, 3.05) is 17.3 Å². The van der Waals surface area contributed by atoms with Crippen LogP contribution in [-0.2, 0) is 24.1 Å². The fraction of sp³-hybridized carbons (Fsp3) is 0.412. The van der Waals surface area contributed by atoms with E-state index in [2.05, 4.69) is 40.4 Å². The number of aromatic nitrogens is 3. The van der Waals surface area contributed by atoms with Crippen LogP contribution in [-0.4, -0.2) is 28.1 Å². The van der Waals surface area contributed by atoms with Crippen LogP contribution in [0.2, 0.25) is 0 Å². The van der Waals surface area contributed by atoms with E-state index in [0.717, 1.165) is 47.6 Å². The summed E-state index contributed by atoms with van der Waals surface area (Å²) in [7, 11) is 1.82. The first-order valence-electron chi connectivity index (χ1n) is 8.01. The molecule has 6 heteroatoms. The van der Waals surface area contributed by atoms with Gasteiger partial charge in [-0.15, -0.1) is 10.2 Å². The number of hydrogen-bond acceptors (Lipinski definition) is 5. The van der Waals surface area contributed by atoms with Crippen LogP contribution in [0.5, 0.6) is 0 Å². The van der Waals surface area contributed by atoms with Crippen LogP contribution >= 0.6 is 0 Å². The second-order valence-electron chi connectivity index (χ2n) is 5.66. The van der Waals surface area contributed by atoms with Gasteiger partial charge in [0.2, 0.25) is 11.9 Å². The molecule has 0 spiro atoms. The van der Waals surface area contributed by atoms with Crippen molar-refractivity contribution >= 4 is 23.2 Å². The Labute approximate surface area is 136 Å². The lowest BCUT2D eigenvalue weighted by Crippen LogP contribution is -2.31. The van der Waals surface area contributed by atoms with Crippen LogP contribution in [0.4, 0.5) is 17.3 Å². The van der Waals surface area contributed by atoms with Crippen molar-refractivity contribution in [1.82, 2.24) is 15.2 Å². The van der Waals surface area contributed by atoms with Gasteiger partial charge in [0, 0.05) is 24.8 Å². The lowest BCUT2D eigenvalue weighted by Gasteiger charge is -2.26. The van der Waals surface area contributed by atoms with Crippen LogP contribution in [0.3, 0.4) is 0 Å². The Morgan fingerprint density at radius 3 is 2.65 bits per heavy atom. The molecule has 2 aromatic rings. The molecule has 1 aromatic heterocycles. The standard InChI is InChI=1S/C17H21N5O/c1-4-13-14(5-2)20-21-17(19-13)18-12-7-8-15-11(10-12)6-9-16(23)22(15)3/h7-8,10H,4-6,9H2,1-3H3,(H,18,19,21). The van der Waals surface area contributed by atoms with Crippen molar-refractivity contribution in [2.24, 2.45) is 0 Å². The summed E-state index contributed by atoms with van der Waals surface area (Å²) in [5.41, 5.74) is 4.98. The van der Waals surface area contributed by atoms with E-state index in [1.54, 1.807) is 4.90 Å². The number of amides is 1. The largest absolute Gasteiger partial charge is 0.323 e. The fourth-order valence-electron chi connectivity index (χ4n) is 2.85. The number of carbonyl (C=O) groups is 1. The lowest BCUT2D eigenvalue weighted by molar-refractivity contribution is -0.118. The monoisotopic (exact) mass is 311 g/mol. The van der Waals surface area contributed by atoms with Gasteiger partial charge in [-0.25, -0.2) is 4.98 Å². The van der Waals surface area contributed by atoms with Crippen molar-refractivity contribution in [3.8, 4) is 0 Å². The van der Waals surface area contributed by atoms with E-state index in [1.807, 2.05) is 19.2 Å². The Hall–Kier alpha value is -2.50. The minimum atomic E-state index is 0.161. The Morgan fingerprint density at radius 1 is 1.13 bits per heavy atom. The second-order valence-corrected chi connectivity index (χ2v) is 5.66. The molecule has 0 radical (unpaired) electrons. The van der Waals surface area contributed by atoms with Crippen LogP contribution in [0, 0.1) is 0 Å². The molecule has 0 saturated heterocycles. The summed E-state index contributed by atoms with van der Waals surface area (Å²) < 4.78 is 0. The Bertz CT molecular complexity index is 744. The second kappa shape index (κ2) is 6.32. The zero-order valence-corrected chi connectivity index (χ0v) is 13.8. The molecule has 0 fully saturated rings. The van der Waals surface area contributed by atoms with E-state index < -0.39 is 0 Å². The van der Waals surface area contributed by atoms with Gasteiger partial charge in [0.1, 0.15) is 0 Å².